The molecule has 28 heavy (non-hydrogen) atoms. The molecule has 1 amide bonds. The molecule has 1 unspecified atom stereocenters. The molecule has 0 saturated heterocycles. The van der Waals surface area contributed by atoms with Gasteiger partial charge in [-0.05, 0) is 31.2 Å². The van der Waals surface area contributed by atoms with Gasteiger partial charge in [0.05, 0.1) is 21.2 Å². The second kappa shape index (κ2) is 8.26. The standard InChI is InChI=1S/C20H15ClN4OS2/c1-12(19(26)25-20-24-15-8-7-14(21)9-17(15)28-20)27-18-10-16(22-11-23-18)13-5-3-2-4-6-13/h2-12H,1H3,(H,24,25,26). The normalized spacial score (nSPS) is 12.1. The molecular formula is C20H15ClN4OS2. The van der Waals surface area contributed by atoms with Gasteiger partial charge in [-0.1, -0.05) is 65.0 Å². The zero-order valence-electron chi connectivity index (χ0n) is 14.8. The summed E-state index contributed by atoms with van der Waals surface area (Å²) in [6, 6.07) is 17.2. The zero-order valence-corrected chi connectivity index (χ0v) is 17.2. The van der Waals surface area contributed by atoms with Crippen LogP contribution in [0.2, 0.25) is 5.02 Å². The number of hydrogen-bond acceptors (Lipinski definition) is 6. The maximum atomic E-state index is 12.6. The van der Waals surface area contributed by atoms with Crippen LogP contribution in [0.15, 0.2) is 66.0 Å². The summed E-state index contributed by atoms with van der Waals surface area (Å²) in [4.78, 5) is 25.6. The van der Waals surface area contributed by atoms with Crippen LogP contribution >= 0.6 is 34.7 Å². The molecule has 140 valence electrons. The lowest BCUT2D eigenvalue weighted by Crippen LogP contribution is -2.22. The molecule has 0 bridgehead atoms. The Kier molecular flexibility index (Phi) is 5.57. The Hall–Kier alpha value is -2.48. The topological polar surface area (TPSA) is 67.8 Å². The van der Waals surface area contributed by atoms with Crippen LogP contribution in [0, 0.1) is 0 Å². The van der Waals surface area contributed by atoms with Gasteiger partial charge in [-0.15, -0.1) is 0 Å². The Bertz CT molecular complexity index is 1130. The first-order valence-corrected chi connectivity index (χ1v) is 10.6. The van der Waals surface area contributed by atoms with Gasteiger partial charge in [-0.3, -0.25) is 4.79 Å². The first-order chi connectivity index (χ1) is 13.6. The maximum Gasteiger partial charge on any atom is 0.239 e. The number of thiazole rings is 1. The fourth-order valence-corrected chi connectivity index (χ4v) is 4.53. The van der Waals surface area contributed by atoms with Crippen molar-refractivity contribution >= 4 is 56.0 Å². The van der Waals surface area contributed by atoms with Gasteiger partial charge in [0.1, 0.15) is 11.4 Å². The highest BCUT2D eigenvalue weighted by Gasteiger charge is 2.17. The van der Waals surface area contributed by atoms with Crippen molar-refractivity contribution in [3.63, 3.8) is 0 Å². The molecule has 5 nitrogen and oxygen atoms in total. The third-order valence-corrected chi connectivity index (χ3v) is 6.16. The molecule has 1 N–H and O–H groups in total. The van der Waals surface area contributed by atoms with Gasteiger partial charge in [0.25, 0.3) is 0 Å². The molecule has 0 spiro atoms. The molecule has 0 aliphatic rings. The lowest BCUT2D eigenvalue weighted by Gasteiger charge is -2.10. The number of anilines is 1. The van der Waals surface area contributed by atoms with Crippen LogP contribution < -0.4 is 5.32 Å². The number of benzene rings is 2. The van der Waals surface area contributed by atoms with Crippen LogP contribution in [0.3, 0.4) is 0 Å². The van der Waals surface area contributed by atoms with E-state index in [4.69, 9.17) is 11.6 Å². The maximum absolute atomic E-state index is 12.6. The van der Waals surface area contributed by atoms with Crippen LogP contribution in [0.5, 0.6) is 0 Å². The van der Waals surface area contributed by atoms with E-state index in [1.165, 1.54) is 29.4 Å². The van der Waals surface area contributed by atoms with E-state index in [-0.39, 0.29) is 11.2 Å². The Morgan fingerprint density at radius 3 is 2.79 bits per heavy atom. The van der Waals surface area contributed by atoms with E-state index in [0.717, 1.165) is 26.5 Å². The number of thioether (sulfide) groups is 1. The Balaban J connectivity index is 1.45. The average molecular weight is 427 g/mol. The number of halogens is 1. The molecule has 2 aromatic heterocycles. The predicted octanol–water partition coefficient (Wildman–Crippen LogP) is 5.53. The number of aromatic nitrogens is 3. The van der Waals surface area contributed by atoms with Crippen LogP contribution in [0.25, 0.3) is 21.5 Å². The van der Waals surface area contributed by atoms with Gasteiger partial charge in [0.15, 0.2) is 5.13 Å². The molecule has 2 aromatic carbocycles. The van der Waals surface area contributed by atoms with E-state index in [9.17, 15) is 4.79 Å². The minimum atomic E-state index is -0.339. The molecule has 0 aliphatic heterocycles. The monoisotopic (exact) mass is 426 g/mol. The molecule has 4 rings (SSSR count). The number of hydrogen-bond donors (Lipinski definition) is 1. The van der Waals surface area contributed by atoms with Crippen molar-refractivity contribution in [1.29, 1.82) is 0 Å². The van der Waals surface area contributed by atoms with Crippen molar-refractivity contribution in [2.45, 2.75) is 17.2 Å². The van der Waals surface area contributed by atoms with Crippen LogP contribution in [0.4, 0.5) is 5.13 Å². The van der Waals surface area contributed by atoms with E-state index in [1.54, 1.807) is 6.07 Å². The quantitative estimate of drug-likeness (QED) is 0.336. The van der Waals surface area contributed by atoms with E-state index in [2.05, 4.69) is 20.3 Å². The van der Waals surface area contributed by atoms with Crippen molar-refractivity contribution in [3.8, 4) is 11.3 Å². The van der Waals surface area contributed by atoms with Crippen molar-refractivity contribution in [3.05, 3.63) is 65.9 Å². The second-order valence-electron chi connectivity index (χ2n) is 5.99. The predicted molar refractivity (Wildman–Crippen MR) is 116 cm³/mol. The van der Waals surface area contributed by atoms with E-state index in [1.807, 2.05) is 55.5 Å². The first-order valence-electron chi connectivity index (χ1n) is 8.49. The summed E-state index contributed by atoms with van der Waals surface area (Å²) in [5, 5.41) is 4.49. The van der Waals surface area contributed by atoms with Gasteiger partial charge in [-0.2, -0.15) is 0 Å². The van der Waals surface area contributed by atoms with Gasteiger partial charge in [0, 0.05) is 10.6 Å². The number of nitrogens with zero attached hydrogens (tertiary/aromatic N) is 3. The number of rotatable bonds is 5. The van der Waals surface area contributed by atoms with E-state index in [0.29, 0.717) is 10.2 Å². The second-order valence-corrected chi connectivity index (χ2v) is 8.82. The minimum absolute atomic E-state index is 0.130. The molecule has 1 atom stereocenters. The summed E-state index contributed by atoms with van der Waals surface area (Å²) in [5.74, 6) is -0.130. The summed E-state index contributed by atoms with van der Waals surface area (Å²) in [7, 11) is 0. The first kappa shape index (κ1) is 18.9. The third kappa shape index (κ3) is 4.32. The molecule has 0 radical (unpaired) electrons. The lowest BCUT2D eigenvalue weighted by molar-refractivity contribution is -0.115. The molecule has 0 saturated carbocycles. The number of carbonyl (C=O) groups is 1. The molecule has 4 aromatic rings. The Morgan fingerprint density at radius 2 is 1.96 bits per heavy atom. The summed E-state index contributed by atoms with van der Waals surface area (Å²) in [5.41, 5.74) is 2.65. The van der Waals surface area contributed by atoms with Gasteiger partial charge >= 0.3 is 0 Å². The molecule has 8 heteroatoms. The summed E-state index contributed by atoms with van der Waals surface area (Å²) in [6.45, 7) is 1.84. The third-order valence-electron chi connectivity index (χ3n) is 3.96. The highest BCUT2D eigenvalue weighted by atomic mass is 35.5. The largest absolute Gasteiger partial charge is 0.301 e. The van der Waals surface area contributed by atoms with Crippen molar-refractivity contribution in [1.82, 2.24) is 15.0 Å². The fourth-order valence-electron chi connectivity index (χ4n) is 2.56. The zero-order chi connectivity index (χ0) is 19.5. The molecule has 0 fully saturated rings. The van der Waals surface area contributed by atoms with Gasteiger partial charge in [0.2, 0.25) is 5.91 Å². The minimum Gasteiger partial charge on any atom is -0.301 e. The number of carbonyl (C=O) groups excluding carboxylic acids is 1. The average Bonchev–Trinajstić information content (AvgIpc) is 3.10. The summed E-state index contributed by atoms with van der Waals surface area (Å²) in [6.07, 6.45) is 1.52. The van der Waals surface area contributed by atoms with Crippen LogP contribution in [0.1, 0.15) is 6.92 Å². The SMILES string of the molecule is CC(Sc1cc(-c2ccccc2)ncn1)C(=O)Nc1nc2ccc(Cl)cc2s1. The summed E-state index contributed by atoms with van der Waals surface area (Å²) < 4.78 is 0.936. The van der Waals surface area contributed by atoms with Crippen molar-refractivity contribution < 1.29 is 4.79 Å². The van der Waals surface area contributed by atoms with Crippen LogP contribution in [-0.4, -0.2) is 26.1 Å². The van der Waals surface area contributed by atoms with Crippen LogP contribution in [-0.2, 0) is 4.79 Å². The van der Waals surface area contributed by atoms with Crippen molar-refractivity contribution in [2.75, 3.05) is 5.32 Å². The number of nitrogens with one attached hydrogen (secondary N) is 1. The molecule has 0 aliphatic carbocycles. The van der Waals surface area contributed by atoms with Gasteiger partial charge in [-0.25, -0.2) is 15.0 Å². The Morgan fingerprint density at radius 1 is 1.14 bits per heavy atom. The molecule has 2 heterocycles. The molecular weight excluding hydrogens is 412 g/mol. The smallest absolute Gasteiger partial charge is 0.239 e. The van der Waals surface area contributed by atoms with E-state index >= 15 is 0 Å². The highest BCUT2D eigenvalue weighted by Crippen LogP contribution is 2.30. The lowest BCUT2D eigenvalue weighted by atomic mass is 10.1. The Labute approximate surface area is 175 Å². The number of amides is 1. The van der Waals surface area contributed by atoms with Crippen molar-refractivity contribution in [2.24, 2.45) is 0 Å². The van der Waals surface area contributed by atoms with E-state index < -0.39 is 0 Å². The van der Waals surface area contributed by atoms with Gasteiger partial charge < -0.3 is 5.32 Å². The summed E-state index contributed by atoms with van der Waals surface area (Å²) >= 11 is 8.79. The highest BCUT2D eigenvalue weighted by molar-refractivity contribution is 8.00. The fraction of sp³-hybridized carbons (Fsp3) is 0.100. The number of fused-ring (bicyclic) bond motifs is 1.